The van der Waals surface area contributed by atoms with Crippen molar-refractivity contribution in [2.24, 2.45) is 0 Å². The van der Waals surface area contributed by atoms with Gasteiger partial charge in [-0.25, -0.2) is 4.79 Å². The molecule has 0 saturated carbocycles. The number of carboxylic acid groups (broad SMARTS) is 1. The van der Waals surface area contributed by atoms with Crippen LogP contribution in [0.25, 0.3) is 10.4 Å². The summed E-state index contributed by atoms with van der Waals surface area (Å²) in [5.74, 6) is -0.898. The fourth-order valence-corrected chi connectivity index (χ4v) is 5.23. The molecular weight excluding hydrogens is 436 g/mol. The highest BCUT2D eigenvalue weighted by Gasteiger charge is 2.14. The van der Waals surface area contributed by atoms with E-state index in [1.807, 2.05) is 18.2 Å². The topological polar surface area (TPSA) is 37.3 Å². The number of benzene rings is 1. The summed E-state index contributed by atoms with van der Waals surface area (Å²) in [5.41, 5.74) is 0.964. The molecule has 2 aromatic rings. The van der Waals surface area contributed by atoms with Crippen molar-refractivity contribution in [2.45, 2.75) is 0 Å². The maximum absolute atomic E-state index is 10.8. The fraction of sp³-hybridized carbons (Fsp3) is 0. The van der Waals surface area contributed by atoms with Crippen molar-refractivity contribution < 1.29 is 9.90 Å². The van der Waals surface area contributed by atoms with Gasteiger partial charge in [0.25, 0.3) is 0 Å². The molecule has 0 amide bonds. The van der Waals surface area contributed by atoms with E-state index >= 15 is 0 Å². The van der Waals surface area contributed by atoms with E-state index in [-0.39, 0.29) is 0 Å². The second-order valence-corrected chi connectivity index (χ2v) is 6.92. The Morgan fingerprint density at radius 1 is 1.12 bits per heavy atom. The number of aromatic carboxylic acids is 1. The predicted octanol–water partition coefficient (Wildman–Crippen LogP) is 5.40. The summed E-state index contributed by atoms with van der Waals surface area (Å²) in [6.45, 7) is 0. The Labute approximate surface area is 127 Å². The molecule has 1 heterocycles. The SMILES string of the molecule is O=C(O)c1ccc(-c2c(Br)cc(Br)cc2Br)s1. The third-order valence-electron chi connectivity index (χ3n) is 2.07. The highest BCUT2D eigenvalue weighted by Crippen LogP contribution is 2.40. The van der Waals surface area contributed by atoms with Gasteiger partial charge in [-0.3, -0.25) is 0 Å². The van der Waals surface area contributed by atoms with Gasteiger partial charge in [-0.1, -0.05) is 47.8 Å². The van der Waals surface area contributed by atoms with Gasteiger partial charge >= 0.3 is 5.97 Å². The minimum absolute atomic E-state index is 0.335. The number of hydrogen-bond acceptors (Lipinski definition) is 2. The molecule has 0 aliphatic carbocycles. The smallest absolute Gasteiger partial charge is 0.345 e. The Hall–Kier alpha value is -0.170. The van der Waals surface area contributed by atoms with Crippen LogP contribution in [0.1, 0.15) is 9.67 Å². The number of carbonyl (C=O) groups is 1. The first-order valence-corrected chi connectivity index (χ1v) is 7.66. The highest BCUT2D eigenvalue weighted by molar-refractivity contribution is 9.11. The highest BCUT2D eigenvalue weighted by atomic mass is 79.9. The summed E-state index contributed by atoms with van der Waals surface area (Å²) in [4.78, 5) is 12.1. The van der Waals surface area contributed by atoms with Crippen LogP contribution in [0.15, 0.2) is 37.7 Å². The molecule has 0 fully saturated rings. The summed E-state index contributed by atoms with van der Waals surface area (Å²) in [7, 11) is 0. The Kier molecular flexibility index (Phi) is 4.07. The van der Waals surface area contributed by atoms with Crippen LogP contribution in [0.2, 0.25) is 0 Å². The van der Waals surface area contributed by atoms with Gasteiger partial charge in [0, 0.05) is 23.9 Å². The molecule has 0 aliphatic heterocycles. The maximum atomic E-state index is 10.8. The zero-order valence-electron chi connectivity index (χ0n) is 8.21. The molecule has 88 valence electrons. The first-order valence-electron chi connectivity index (χ1n) is 4.47. The van der Waals surface area contributed by atoms with Crippen LogP contribution in [0.5, 0.6) is 0 Å². The number of carboxylic acids is 1. The average Bonchev–Trinajstić information content (AvgIpc) is 2.65. The lowest BCUT2D eigenvalue weighted by molar-refractivity contribution is 0.0702. The third-order valence-corrected chi connectivity index (χ3v) is 4.87. The molecule has 0 unspecified atom stereocenters. The van der Waals surface area contributed by atoms with Gasteiger partial charge in [0.05, 0.1) is 0 Å². The van der Waals surface area contributed by atoms with Gasteiger partial charge in [-0.15, -0.1) is 11.3 Å². The first-order chi connectivity index (χ1) is 7.99. The predicted molar refractivity (Wildman–Crippen MR) is 79.8 cm³/mol. The van der Waals surface area contributed by atoms with Gasteiger partial charge in [0.2, 0.25) is 0 Å². The Morgan fingerprint density at radius 2 is 1.71 bits per heavy atom. The van der Waals surface area contributed by atoms with Crippen molar-refractivity contribution in [2.75, 3.05) is 0 Å². The lowest BCUT2D eigenvalue weighted by Crippen LogP contribution is -1.89. The zero-order chi connectivity index (χ0) is 12.6. The first kappa shape index (κ1) is 13.3. The number of hydrogen-bond donors (Lipinski definition) is 1. The van der Waals surface area contributed by atoms with E-state index in [1.54, 1.807) is 6.07 Å². The van der Waals surface area contributed by atoms with E-state index in [0.717, 1.165) is 23.9 Å². The summed E-state index contributed by atoms with van der Waals surface area (Å²) in [5, 5.41) is 8.91. The van der Waals surface area contributed by atoms with E-state index in [0.29, 0.717) is 4.88 Å². The van der Waals surface area contributed by atoms with Crippen LogP contribution in [-0.4, -0.2) is 11.1 Å². The summed E-state index contributed by atoms with van der Waals surface area (Å²) in [6.07, 6.45) is 0. The molecule has 17 heavy (non-hydrogen) atoms. The molecule has 0 aliphatic rings. The normalized spacial score (nSPS) is 10.5. The largest absolute Gasteiger partial charge is 0.477 e. The van der Waals surface area contributed by atoms with Gasteiger partial charge < -0.3 is 5.11 Å². The lowest BCUT2D eigenvalue weighted by atomic mass is 10.2. The number of halogens is 3. The molecule has 0 radical (unpaired) electrons. The molecule has 0 bridgehead atoms. The van der Waals surface area contributed by atoms with Crippen molar-refractivity contribution in [3.05, 3.63) is 42.6 Å². The zero-order valence-corrected chi connectivity index (χ0v) is 13.8. The molecule has 1 N–H and O–H groups in total. The van der Waals surface area contributed by atoms with E-state index < -0.39 is 5.97 Å². The Bertz CT molecular complexity index is 569. The molecule has 2 nitrogen and oxygen atoms in total. The van der Waals surface area contributed by atoms with Crippen LogP contribution < -0.4 is 0 Å². The Morgan fingerprint density at radius 3 is 2.18 bits per heavy atom. The molecule has 1 aromatic heterocycles. The van der Waals surface area contributed by atoms with Crippen molar-refractivity contribution >= 4 is 65.1 Å². The van der Waals surface area contributed by atoms with Crippen LogP contribution in [0, 0.1) is 0 Å². The van der Waals surface area contributed by atoms with Gasteiger partial charge in [-0.05, 0) is 24.3 Å². The minimum atomic E-state index is -0.898. The van der Waals surface area contributed by atoms with Crippen LogP contribution in [0.3, 0.4) is 0 Å². The van der Waals surface area contributed by atoms with Crippen molar-refractivity contribution in [1.82, 2.24) is 0 Å². The third kappa shape index (κ3) is 2.81. The quantitative estimate of drug-likeness (QED) is 0.678. The lowest BCUT2D eigenvalue weighted by Gasteiger charge is -2.05. The molecule has 6 heteroatoms. The monoisotopic (exact) mass is 438 g/mol. The molecule has 0 atom stereocenters. The van der Waals surface area contributed by atoms with E-state index in [1.165, 1.54) is 11.3 Å². The molecular formula is C11H5Br3O2S. The van der Waals surface area contributed by atoms with Crippen LogP contribution in [0.4, 0.5) is 0 Å². The minimum Gasteiger partial charge on any atom is -0.477 e. The molecule has 2 rings (SSSR count). The second kappa shape index (κ2) is 5.22. The van der Waals surface area contributed by atoms with Crippen LogP contribution in [-0.2, 0) is 0 Å². The van der Waals surface area contributed by atoms with E-state index in [4.69, 9.17) is 5.11 Å². The van der Waals surface area contributed by atoms with Gasteiger partial charge in [0.15, 0.2) is 0 Å². The fourth-order valence-electron chi connectivity index (χ4n) is 1.36. The standard InChI is InChI=1S/C11H5Br3O2S/c12-5-3-6(13)10(7(14)4-5)8-1-2-9(17-8)11(15)16/h1-4H,(H,15,16). The summed E-state index contributed by atoms with van der Waals surface area (Å²) in [6, 6.07) is 7.29. The van der Waals surface area contributed by atoms with Crippen molar-refractivity contribution in [3.8, 4) is 10.4 Å². The molecule has 1 aromatic carbocycles. The second-order valence-electron chi connectivity index (χ2n) is 3.21. The molecule has 0 spiro atoms. The van der Waals surface area contributed by atoms with Crippen molar-refractivity contribution in [1.29, 1.82) is 0 Å². The van der Waals surface area contributed by atoms with Gasteiger partial charge in [0.1, 0.15) is 4.88 Å². The van der Waals surface area contributed by atoms with Gasteiger partial charge in [-0.2, -0.15) is 0 Å². The maximum Gasteiger partial charge on any atom is 0.345 e. The summed E-state index contributed by atoms with van der Waals surface area (Å²) >= 11 is 11.6. The average molecular weight is 441 g/mol. The van der Waals surface area contributed by atoms with E-state index in [2.05, 4.69) is 47.8 Å². The number of thiophene rings is 1. The summed E-state index contributed by atoms with van der Waals surface area (Å²) < 4.78 is 2.78. The number of rotatable bonds is 2. The van der Waals surface area contributed by atoms with Crippen molar-refractivity contribution in [3.63, 3.8) is 0 Å². The molecule has 0 saturated heterocycles. The van der Waals surface area contributed by atoms with E-state index in [9.17, 15) is 4.79 Å². The Balaban J connectivity index is 2.56. The van der Waals surface area contributed by atoms with Crippen LogP contribution >= 0.6 is 59.1 Å².